The molecule has 1 aromatic carbocycles. The Kier molecular flexibility index (Phi) is 3.41. The minimum atomic E-state index is -0.336. The fraction of sp³-hybridized carbons (Fsp3) is 0.308. The minimum absolute atomic E-state index is 0.108. The molecule has 5 nitrogen and oxygen atoms in total. The van der Waals surface area contributed by atoms with Gasteiger partial charge in [0.15, 0.2) is 0 Å². The summed E-state index contributed by atoms with van der Waals surface area (Å²) in [4.78, 5) is 20.4. The van der Waals surface area contributed by atoms with Gasteiger partial charge in [-0.3, -0.25) is 10.1 Å². The van der Waals surface area contributed by atoms with Crippen molar-refractivity contribution in [1.82, 2.24) is 5.32 Å². The van der Waals surface area contributed by atoms with Gasteiger partial charge in [0.05, 0.1) is 11.6 Å². The van der Waals surface area contributed by atoms with Crippen molar-refractivity contribution in [2.75, 3.05) is 0 Å². The fourth-order valence-electron chi connectivity index (χ4n) is 1.84. The molecule has 0 bridgehead atoms. The Balaban J connectivity index is 2.44. The smallest absolute Gasteiger partial charge is 0.237 e. The number of amides is 1. The Morgan fingerprint density at radius 1 is 1.44 bits per heavy atom. The molecule has 1 unspecified atom stereocenters. The zero-order valence-electron chi connectivity index (χ0n) is 10.5. The Morgan fingerprint density at radius 2 is 2.17 bits per heavy atom. The third-order valence-electron chi connectivity index (χ3n) is 2.87. The van der Waals surface area contributed by atoms with Gasteiger partial charge in [0.2, 0.25) is 11.9 Å². The van der Waals surface area contributed by atoms with Crippen molar-refractivity contribution in [3.05, 3.63) is 29.8 Å². The maximum Gasteiger partial charge on any atom is 0.237 e. The van der Waals surface area contributed by atoms with Crippen LogP contribution in [-0.2, 0) is 4.79 Å². The van der Waals surface area contributed by atoms with Crippen molar-refractivity contribution in [3.8, 4) is 0 Å². The van der Waals surface area contributed by atoms with Crippen LogP contribution >= 0.6 is 0 Å². The van der Waals surface area contributed by atoms with Crippen molar-refractivity contribution < 1.29 is 4.79 Å². The number of aryl methyl sites for hydroxylation is 1. The predicted molar refractivity (Wildman–Crippen MR) is 71.8 cm³/mol. The second kappa shape index (κ2) is 5.00. The van der Waals surface area contributed by atoms with Gasteiger partial charge in [-0.15, -0.1) is 0 Å². The molecular weight excluding hydrogens is 228 g/mol. The van der Waals surface area contributed by atoms with E-state index in [1.807, 2.05) is 38.1 Å². The molecule has 2 rings (SSSR count). The van der Waals surface area contributed by atoms with E-state index in [-0.39, 0.29) is 17.8 Å². The third kappa shape index (κ3) is 2.40. The van der Waals surface area contributed by atoms with Crippen molar-refractivity contribution in [1.29, 1.82) is 0 Å². The normalized spacial score (nSPS) is 21.7. The molecule has 0 saturated heterocycles. The molecule has 18 heavy (non-hydrogen) atoms. The van der Waals surface area contributed by atoms with Gasteiger partial charge in [0.1, 0.15) is 5.84 Å². The summed E-state index contributed by atoms with van der Waals surface area (Å²) in [7, 11) is 0. The number of para-hydroxylation sites is 1. The van der Waals surface area contributed by atoms with E-state index in [1.165, 1.54) is 0 Å². The summed E-state index contributed by atoms with van der Waals surface area (Å²) in [5.74, 6) is 0.110. The summed E-state index contributed by atoms with van der Waals surface area (Å²) >= 11 is 0. The van der Waals surface area contributed by atoms with Gasteiger partial charge >= 0.3 is 0 Å². The number of rotatable bonds is 2. The molecule has 1 aromatic rings. The summed E-state index contributed by atoms with van der Waals surface area (Å²) in [5.41, 5.74) is 7.42. The lowest BCUT2D eigenvalue weighted by atomic mass is 10.0. The van der Waals surface area contributed by atoms with Crippen molar-refractivity contribution in [3.63, 3.8) is 0 Å². The second-order valence-electron chi connectivity index (χ2n) is 4.20. The molecule has 5 heteroatoms. The molecule has 0 saturated carbocycles. The Morgan fingerprint density at radius 3 is 2.83 bits per heavy atom. The molecule has 1 aliphatic heterocycles. The summed E-state index contributed by atoms with van der Waals surface area (Å²) in [5, 5.41) is 2.52. The second-order valence-corrected chi connectivity index (χ2v) is 4.20. The van der Waals surface area contributed by atoms with E-state index in [9.17, 15) is 4.79 Å². The first-order valence-corrected chi connectivity index (χ1v) is 5.91. The zero-order chi connectivity index (χ0) is 13.1. The monoisotopic (exact) mass is 244 g/mol. The highest BCUT2D eigenvalue weighted by molar-refractivity contribution is 6.17. The lowest BCUT2D eigenvalue weighted by Gasteiger charge is -2.19. The van der Waals surface area contributed by atoms with Crippen LogP contribution in [0.5, 0.6) is 0 Å². The average molecular weight is 244 g/mol. The largest absolute Gasteiger partial charge is 0.369 e. The van der Waals surface area contributed by atoms with E-state index in [0.29, 0.717) is 12.3 Å². The fourth-order valence-corrected chi connectivity index (χ4v) is 1.84. The van der Waals surface area contributed by atoms with Crippen molar-refractivity contribution in [2.24, 2.45) is 21.6 Å². The number of aliphatic imine (C=N–C) groups is 2. The quantitative estimate of drug-likeness (QED) is 0.826. The summed E-state index contributed by atoms with van der Waals surface area (Å²) in [6.07, 6.45) is 0.646. The molecular formula is C13H16N4O. The number of guanidine groups is 1. The molecule has 0 radical (unpaired) electrons. The number of carbonyl (C=O) groups is 1. The lowest BCUT2D eigenvalue weighted by molar-refractivity contribution is -0.121. The summed E-state index contributed by atoms with van der Waals surface area (Å²) in [6.45, 7) is 3.89. The first-order valence-electron chi connectivity index (χ1n) is 5.91. The summed E-state index contributed by atoms with van der Waals surface area (Å²) < 4.78 is 0. The van der Waals surface area contributed by atoms with E-state index in [2.05, 4.69) is 15.3 Å². The van der Waals surface area contributed by atoms with E-state index in [0.717, 1.165) is 11.3 Å². The SMILES string of the molecule is CCC1C(=O)NC(N)=NC1=Nc1ccccc1C. The number of hydrogen-bond donors (Lipinski definition) is 2. The van der Waals surface area contributed by atoms with Crippen LogP contribution in [0.25, 0.3) is 0 Å². The number of hydrogen-bond acceptors (Lipinski definition) is 3. The van der Waals surface area contributed by atoms with Crippen LogP contribution in [-0.4, -0.2) is 17.7 Å². The van der Waals surface area contributed by atoms with Gasteiger partial charge in [0.25, 0.3) is 0 Å². The van der Waals surface area contributed by atoms with Crippen LogP contribution in [0.2, 0.25) is 0 Å². The molecule has 94 valence electrons. The number of nitrogens with two attached hydrogens (primary N) is 1. The molecule has 0 spiro atoms. The van der Waals surface area contributed by atoms with Gasteiger partial charge in [-0.05, 0) is 25.0 Å². The van der Waals surface area contributed by atoms with E-state index >= 15 is 0 Å². The molecule has 3 N–H and O–H groups in total. The topological polar surface area (TPSA) is 79.8 Å². The molecule has 0 aliphatic carbocycles. The molecule has 0 aromatic heterocycles. The Bertz CT molecular complexity index is 534. The van der Waals surface area contributed by atoms with Crippen LogP contribution < -0.4 is 11.1 Å². The lowest BCUT2D eigenvalue weighted by Crippen LogP contribution is -2.47. The number of carbonyl (C=O) groups excluding carboxylic acids is 1. The number of amidine groups is 1. The van der Waals surface area contributed by atoms with E-state index in [1.54, 1.807) is 0 Å². The van der Waals surface area contributed by atoms with Gasteiger partial charge in [-0.1, -0.05) is 25.1 Å². The van der Waals surface area contributed by atoms with Gasteiger partial charge in [0, 0.05) is 0 Å². The summed E-state index contributed by atoms with van der Waals surface area (Å²) in [6, 6.07) is 7.72. The third-order valence-corrected chi connectivity index (χ3v) is 2.87. The molecule has 1 amide bonds. The van der Waals surface area contributed by atoms with Crippen LogP contribution in [0, 0.1) is 12.8 Å². The van der Waals surface area contributed by atoms with Gasteiger partial charge in [-0.2, -0.15) is 4.99 Å². The zero-order valence-corrected chi connectivity index (χ0v) is 10.5. The molecule has 0 fully saturated rings. The minimum Gasteiger partial charge on any atom is -0.369 e. The van der Waals surface area contributed by atoms with Crippen molar-refractivity contribution in [2.45, 2.75) is 20.3 Å². The average Bonchev–Trinajstić information content (AvgIpc) is 2.31. The first kappa shape index (κ1) is 12.3. The highest BCUT2D eigenvalue weighted by Crippen LogP contribution is 2.21. The van der Waals surface area contributed by atoms with E-state index < -0.39 is 0 Å². The molecule has 1 aliphatic rings. The first-order chi connectivity index (χ1) is 8.61. The maximum absolute atomic E-state index is 11.8. The predicted octanol–water partition coefficient (Wildman–Crippen LogP) is 1.50. The molecule has 1 atom stereocenters. The van der Waals surface area contributed by atoms with Gasteiger partial charge < -0.3 is 5.73 Å². The van der Waals surface area contributed by atoms with Crippen LogP contribution in [0.15, 0.2) is 34.3 Å². The standard InChI is InChI=1S/C13H16N4O/c1-3-9-11(16-13(14)17-12(9)18)15-10-7-5-4-6-8(10)2/h4-7,9H,3H2,1-2H3,(H3,14,15,16,17,18). The van der Waals surface area contributed by atoms with E-state index in [4.69, 9.17) is 5.73 Å². The van der Waals surface area contributed by atoms with Crippen molar-refractivity contribution >= 4 is 23.4 Å². The maximum atomic E-state index is 11.8. The number of nitrogens with zero attached hydrogens (tertiary/aromatic N) is 2. The molecule has 1 heterocycles. The number of nitrogens with one attached hydrogen (secondary N) is 1. The van der Waals surface area contributed by atoms with Gasteiger partial charge in [-0.25, -0.2) is 4.99 Å². The number of benzene rings is 1. The Labute approximate surface area is 106 Å². The Hall–Kier alpha value is -2.17. The highest BCUT2D eigenvalue weighted by Gasteiger charge is 2.27. The van der Waals surface area contributed by atoms with Crippen LogP contribution in [0.1, 0.15) is 18.9 Å². The highest BCUT2D eigenvalue weighted by atomic mass is 16.2. The van der Waals surface area contributed by atoms with Crippen LogP contribution in [0.3, 0.4) is 0 Å². The van der Waals surface area contributed by atoms with Crippen LogP contribution in [0.4, 0.5) is 5.69 Å².